The van der Waals surface area contributed by atoms with Crippen LogP contribution < -0.4 is 10.6 Å². The van der Waals surface area contributed by atoms with Gasteiger partial charge in [-0.15, -0.1) is 0 Å². The minimum atomic E-state index is -3.58. The highest BCUT2D eigenvalue weighted by molar-refractivity contribution is 7.89. The van der Waals surface area contributed by atoms with E-state index >= 15 is 0 Å². The number of sulfonamides is 1. The van der Waals surface area contributed by atoms with Crippen LogP contribution in [0.5, 0.6) is 0 Å². The third-order valence-corrected chi connectivity index (χ3v) is 5.66. The minimum absolute atomic E-state index is 0.178. The van der Waals surface area contributed by atoms with Gasteiger partial charge in [-0.2, -0.15) is 4.31 Å². The van der Waals surface area contributed by atoms with Crippen molar-refractivity contribution in [3.05, 3.63) is 23.8 Å². The molecule has 7 nitrogen and oxygen atoms in total. The first-order valence-corrected chi connectivity index (χ1v) is 9.46. The van der Waals surface area contributed by atoms with Gasteiger partial charge >= 0.3 is 0 Å². The van der Waals surface area contributed by atoms with Gasteiger partial charge in [0.15, 0.2) is 0 Å². The molecular formula is C16H25N3O4S. The Bertz CT molecular complexity index is 683. The van der Waals surface area contributed by atoms with Gasteiger partial charge in [-0.25, -0.2) is 8.42 Å². The van der Waals surface area contributed by atoms with Gasteiger partial charge in [0.1, 0.15) is 0 Å². The lowest BCUT2D eigenvalue weighted by Crippen LogP contribution is -2.40. The van der Waals surface area contributed by atoms with Crippen molar-refractivity contribution in [2.45, 2.75) is 31.7 Å². The highest BCUT2D eigenvalue weighted by Gasteiger charge is 2.26. The highest BCUT2D eigenvalue weighted by atomic mass is 32.2. The molecule has 8 heteroatoms. The highest BCUT2D eigenvalue weighted by Crippen LogP contribution is 2.23. The van der Waals surface area contributed by atoms with Crippen LogP contribution in [-0.4, -0.2) is 57.5 Å². The Kier molecular flexibility index (Phi) is 6.34. The Hall–Kier alpha value is -1.48. The SMILES string of the molecule is Cc1ccc(S(=O)(=O)N2CCOCC2)cc1NC(=O)CNC(C)C. The number of hydrogen-bond acceptors (Lipinski definition) is 5. The van der Waals surface area contributed by atoms with Gasteiger partial charge in [0.05, 0.1) is 24.7 Å². The van der Waals surface area contributed by atoms with Crippen molar-refractivity contribution >= 4 is 21.6 Å². The number of carbonyl (C=O) groups excluding carboxylic acids is 1. The molecule has 1 aliphatic heterocycles. The fourth-order valence-corrected chi connectivity index (χ4v) is 3.76. The summed E-state index contributed by atoms with van der Waals surface area (Å²) in [6, 6.07) is 5.00. The summed E-state index contributed by atoms with van der Waals surface area (Å²) in [5.41, 5.74) is 1.33. The molecule has 0 spiro atoms. The molecule has 1 aromatic rings. The molecule has 0 aliphatic carbocycles. The quantitative estimate of drug-likeness (QED) is 0.793. The van der Waals surface area contributed by atoms with E-state index in [1.165, 1.54) is 10.4 Å². The first kappa shape index (κ1) is 18.9. The number of anilines is 1. The molecule has 1 saturated heterocycles. The molecule has 2 rings (SSSR count). The average molecular weight is 355 g/mol. The van der Waals surface area contributed by atoms with Gasteiger partial charge in [-0.3, -0.25) is 4.79 Å². The number of aryl methyl sites for hydroxylation is 1. The summed E-state index contributed by atoms with van der Waals surface area (Å²) in [5.74, 6) is -0.201. The average Bonchev–Trinajstić information content (AvgIpc) is 2.55. The Labute approximate surface area is 143 Å². The standard InChI is InChI=1S/C16H25N3O4S/c1-12(2)17-11-16(20)18-15-10-14(5-4-13(15)3)24(21,22)19-6-8-23-9-7-19/h4-5,10,12,17H,6-9,11H2,1-3H3,(H,18,20). The van der Waals surface area contributed by atoms with E-state index < -0.39 is 10.0 Å². The summed E-state index contributed by atoms with van der Waals surface area (Å²) in [5, 5.41) is 5.80. The molecule has 1 aliphatic rings. The number of nitrogens with zero attached hydrogens (tertiary/aromatic N) is 1. The van der Waals surface area contributed by atoms with Crippen molar-refractivity contribution in [1.82, 2.24) is 9.62 Å². The van der Waals surface area contributed by atoms with E-state index in [0.29, 0.717) is 32.0 Å². The molecule has 1 fully saturated rings. The number of carbonyl (C=O) groups is 1. The lowest BCUT2D eigenvalue weighted by atomic mass is 10.2. The number of hydrogen-bond donors (Lipinski definition) is 2. The number of nitrogens with one attached hydrogen (secondary N) is 2. The van der Waals surface area contributed by atoms with Crippen molar-refractivity contribution in [2.24, 2.45) is 0 Å². The molecule has 1 heterocycles. The van der Waals surface area contributed by atoms with Crippen molar-refractivity contribution in [2.75, 3.05) is 38.2 Å². The monoisotopic (exact) mass is 355 g/mol. The summed E-state index contributed by atoms with van der Waals surface area (Å²) in [4.78, 5) is 12.2. The Balaban J connectivity index is 2.17. The molecule has 0 radical (unpaired) electrons. The fourth-order valence-electron chi connectivity index (χ4n) is 2.32. The number of benzene rings is 1. The topological polar surface area (TPSA) is 87.7 Å². The molecule has 0 unspecified atom stereocenters. The van der Waals surface area contributed by atoms with Crippen LogP contribution in [0.3, 0.4) is 0 Å². The fraction of sp³-hybridized carbons (Fsp3) is 0.562. The summed E-state index contributed by atoms with van der Waals surface area (Å²) in [6.07, 6.45) is 0. The van der Waals surface area contributed by atoms with Crippen LogP contribution in [-0.2, 0) is 19.6 Å². The van der Waals surface area contributed by atoms with E-state index in [9.17, 15) is 13.2 Å². The van der Waals surface area contributed by atoms with Gasteiger partial charge in [-0.05, 0) is 24.6 Å². The largest absolute Gasteiger partial charge is 0.379 e. The number of amides is 1. The summed E-state index contributed by atoms with van der Waals surface area (Å²) in [6.45, 7) is 7.40. The van der Waals surface area contributed by atoms with Crippen molar-refractivity contribution in [3.63, 3.8) is 0 Å². The Morgan fingerprint density at radius 3 is 2.58 bits per heavy atom. The molecule has 0 bridgehead atoms. The molecule has 0 atom stereocenters. The van der Waals surface area contributed by atoms with Gasteiger partial charge in [0.2, 0.25) is 15.9 Å². The first-order chi connectivity index (χ1) is 11.3. The van der Waals surface area contributed by atoms with E-state index in [4.69, 9.17) is 4.74 Å². The summed E-state index contributed by atoms with van der Waals surface area (Å²) < 4.78 is 32.0. The summed E-state index contributed by atoms with van der Waals surface area (Å²) in [7, 11) is -3.58. The maximum atomic E-state index is 12.7. The second-order valence-corrected chi connectivity index (χ2v) is 8.01. The van der Waals surface area contributed by atoms with E-state index in [-0.39, 0.29) is 23.4 Å². The predicted octanol–water partition coefficient (Wildman–Crippen LogP) is 0.952. The third-order valence-electron chi connectivity index (χ3n) is 3.76. The summed E-state index contributed by atoms with van der Waals surface area (Å²) >= 11 is 0. The van der Waals surface area contributed by atoms with Gasteiger partial charge in [0.25, 0.3) is 0 Å². The zero-order valence-electron chi connectivity index (χ0n) is 14.3. The van der Waals surface area contributed by atoms with Gasteiger partial charge in [-0.1, -0.05) is 19.9 Å². The lowest BCUT2D eigenvalue weighted by molar-refractivity contribution is -0.115. The second-order valence-electron chi connectivity index (χ2n) is 6.08. The van der Waals surface area contributed by atoms with Crippen LogP contribution in [0.1, 0.15) is 19.4 Å². The normalized spacial score (nSPS) is 16.3. The first-order valence-electron chi connectivity index (χ1n) is 8.02. The molecule has 0 saturated carbocycles. The van der Waals surface area contributed by atoms with Crippen LogP contribution in [0.25, 0.3) is 0 Å². The van der Waals surface area contributed by atoms with Crippen molar-refractivity contribution < 1.29 is 17.9 Å². The number of rotatable bonds is 6. The zero-order valence-corrected chi connectivity index (χ0v) is 15.1. The van der Waals surface area contributed by atoms with Crippen LogP contribution in [0.15, 0.2) is 23.1 Å². The Morgan fingerprint density at radius 1 is 1.29 bits per heavy atom. The lowest BCUT2D eigenvalue weighted by Gasteiger charge is -2.26. The van der Waals surface area contributed by atoms with Crippen molar-refractivity contribution in [3.8, 4) is 0 Å². The zero-order chi connectivity index (χ0) is 17.7. The smallest absolute Gasteiger partial charge is 0.243 e. The second kappa shape index (κ2) is 8.06. The minimum Gasteiger partial charge on any atom is -0.379 e. The third kappa shape index (κ3) is 4.76. The number of ether oxygens (including phenoxy) is 1. The molecule has 0 aromatic heterocycles. The Morgan fingerprint density at radius 2 is 1.96 bits per heavy atom. The maximum absolute atomic E-state index is 12.7. The van der Waals surface area contributed by atoms with Crippen LogP contribution >= 0.6 is 0 Å². The van der Waals surface area contributed by atoms with Gasteiger partial charge < -0.3 is 15.4 Å². The molecule has 134 valence electrons. The molecule has 24 heavy (non-hydrogen) atoms. The molecular weight excluding hydrogens is 330 g/mol. The maximum Gasteiger partial charge on any atom is 0.243 e. The van der Waals surface area contributed by atoms with Crippen LogP contribution in [0.4, 0.5) is 5.69 Å². The number of morpholine rings is 1. The van der Waals surface area contributed by atoms with E-state index in [2.05, 4.69) is 10.6 Å². The molecule has 1 aromatic carbocycles. The molecule has 1 amide bonds. The molecule has 2 N–H and O–H groups in total. The predicted molar refractivity (Wildman–Crippen MR) is 92.5 cm³/mol. The van der Waals surface area contributed by atoms with Crippen LogP contribution in [0, 0.1) is 6.92 Å². The van der Waals surface area contributed by atoms with Crippen LogP contribution in [0.2, 0.25) is 0 Å². The van der Waals surface area contributed by atoms with Gasteiger partial charge in [0, 0.05) is 24.8 Å². The van der Waals surface area contributed by atoms with E-state index in [1.54, 1.807) is 12.1 Å². The van der Waals surface area contributed by atoms with Crippen molar-refractivity contribution in [1.29, 1.82) is 0 Å². The van der Waals surface area contributed by atoms with E-state index in [0.717, 1.165) is 5.56 Å². The van der Waals surface area contributed by atoms with E-state index in [1.807, 2.05) is 20.8 Å².